The van der Waals surface area contributed by atoms with Crippen molar-refractivity contribution in [2.75, 3.05) is 30.8 Å². The minimum absolute atomic E-state index is 0.0147. The Bertz CT molecular complexity index is 712. The lowest BCUT2D eigenvalue weighted by atomic mass is 10.1. The molecule has 3 N–H and O–H groups in total. The molecule has 0 aliphatic rings. The van der Waals surface area contributed by atoms with Crippen molar-refractivity contribution in [2.45, 2.75) is 19.8 Å². The Labute approximate surface area is 153 Å². The number of rotatable bonds is 9. The number of nitrogens with one attached hydrogen (secondary N) is 3. The second kappa shape index (κ2) is 10.1. The van der Waals surface area contributed by atoms with Gasteiger partial charge >= 0.3 is 0 Å². The van der Waals surface area contributed by atoms with E-state index in [9.17, 15) is 9.59 Å². The van der Waals surface area contributed by atoms with E-state index in [-0.39, 0.29) is 11.8 Å². The maximum atomic E-state index is 11.9. The van der Waals surface area contributed by atoms with Gasteiger partial charge < -0.3 is 20.7 Å². The van der Waals surface area contributed by atoms with Crippen molar-refractivity contribution < 1.29 is 14.3 Å². The third-order valence-corrected chi connectivity index (χ3v) is 3.78. The molecular weight excluding hydrogens is 330 g/mol. The molecule has 6 heteroatoms. The topological polar surface area (TPSA) is 79.5 Å². The molecule has 0 saturated heterocycles. The number of amides is 2. The fraction of sp³-hybridized carbons (Fsp3) is 0.300. The van der Waals surface area contributed by atoms with Crippen LogP contribution in [0.5, 0.6) is 5.75 Å². The summed E-state index contributed by atoms with van der Waals surface area (Å²) in [5.41, 5.74) is 2.81. The first-order valence-electron chi connectivity index (χ1n) is 8.58. The van der Waals surface area contributed by atoms with Gasteiger partial charge in [0.25, 0.3) is 0 Å². The molecule has 0 fully saturated rings. The van der Waals surface area contributed by atoms with Crippen molar-refractivity contribution in [1.82, 2.24) is 5.32 Å². The lowest BCUT2D eigenvalue weighted by Gasteiger charge is -2.09. The van der Waals surface area contributed by atoms with E-state index in [0.717, 1.165) is 29.1 Å². The summed E-state index contributed by atoms with van der Waals surface area (Å²) in [4.78, 5) is 22.9. The molecule has 0 aromatic heterocycles. The van der Waals surface area contributed by atoms with Crippen molar-refractivity contribution in [2.24, 2.45) is 0 Å². The molecule has 0 unspecified atom stereocenters. The number of carbonyl (C=O) groups excluding carboxylic acids is 2. The van der Waals surface area contributed by atoms with Crippen molar-refractivity contribution in [1.29, 1.82) is 0 Å². The van der Waals surface area contributed by atoms with Gasteiger partial charge in [-0.3, -0.25) is 9.59 Å². The SMILES string of the molecule is COc1ccc(CCNC(=O)CCNc2ccc(NC(C)=O)cc2)cc1. The third-order valence-electron chi connectivity index (χ3n) is 3.78. The van der Waals surface area contributed by atoms with Crippen LogP contribution in [-0.2, 0) is 16.0 Å². The normalized spacial score (nSPS) is 10.1. The predicted octanol–water partition coefficient (Wildman–Crippen LogP) is 2.81. The van der Waals surface area contributed by atoms with Crippen LogP contribution in [0.1, 0.15) is 18.9 Å². The standard InChI is InChI=1S/C20H25N3O3/c1-15(24)23-18-7-5-17(6-8-18)21-14-12-20(25)22-13-11-16-3-9-19(26-2)10-4-16/h3-10,21H,11-14H2,1-2H3,(H,22,25)(H,23,24). The Hall–Kier alpha value is -3.02. The van der Waals surface area contributed by atoms with Gasteiger partial charge in [0.05, 0.1) is 7.11 Å². The summed E-state index contributed by atoms with van der Waals surface area (Å²) in [6.07, 6.45) is 1.18. The summed E-state index contributed by atoms with van der Waals surface area (Å²) >= 11 is 0. The van der Waals surface area contributed by atoms with Gasteiger partial charge in [0, 0.05) is 37.8 Å². The molecule has 138 valence electrons. The summed E-state index contributed by atoms with van der Waals surface area (Å²) in [5.74, 6) is 0.742. The molecule has 2 aromatic carbocycles. The van der Waals surface area contributed by atoms with Gasteiger partial charge in [-0.25, -0.2) is 0 Å². The van der Waals surface area contributed by atoms with Crippen molar-refractivity contribution in [3.8, 4) is 5.75 Å². The number of benzene rings is 2. The average Bonchev–Trinajstić information content (AvgIpc) is 2.63. The van der Waals surface area contributed by atoms with E-state index >= 15 is 0 Å². The van der Waals surface area contributed by atoms with Gasteiger partial charge in [0.1, 0.15) is 5.75 Å². The van der Waals surface area contributed by atoms with E-state index in [2.05, 4.69) is 16.0 Å². The Morgan fingerprint density at radius 2 is 1.58 bits per heavy atom. The highest BCUT2D eigenvalue weighted by molar-refractivity contribution is 5.88. The van der Waals surface area contributed by atoms with Crippen LogP contribution in [0.3, 0.4) is 0 Å². The first kappa shape index (κ1) is 19.3. The van der Waals surface area contributed by atoms with E-state index in [1.54, 1.807) is 7.11 Å². The van der Waals surface area contributed by atoms with Gasteiger partial charge in [0.15, 0.2) is 0 Å². The molecular formula is C20H25N3O3. The minimum atomic E-state index is -0.1000. The Morgan fingerprint density at radius 1 is 0.923 bits per heavy atom. The third kappa shape index (κ3) is 6.84. The smallest absolute Gasteiger partial charge is 0.221 e. The maximum absolute atomic E-state index is 11.9. The molecule has 0 bridgehead atoms. The number of carbonyl (C=O) groups is 2. The molecule has 26 heavy (non-hydrogen) atoms. The van der Waals surface area contributed by atoms with E-state index in [4.69, 9.17) is 4.74 Å². The van der Waals surface area contributed by atoms with Crippen LogP contribution in [-0.4, -0.2) is 32.0 Å². The van der Waals surface area contributed by atoms with Gasteiger partial charge in [0.2, 0.25) is 11.8 Å². The van der Waals surface area contributed by atoms with Crippen LogP contribution in [0.4, 0.5) is 11.4 Å². The van der Waals surface area contributed by atoms with Crippen molar-refractivity contribution >= 4 is 23.2 Å². The van der Waals surface area contributed by atoms with Gasteiger partial charge in [-0.1, -0.05) is 12.1 Å². The molecule has 0 atom stereocenters. The minimum Gasteiger partial charge on any atom is -0.497 e. The molecule has 2 aromatic rings. The first-order chi connectivity index (χ1) is 12.6. The number of hydrogen-bond acceptors (Lipinski definition) is 4. The van der Waals surface area contributed by atoms with Crippen molar-refractivity contribution in [3.05, 3.63) is 54.1 Å². The van der Waals surface area contributed by atoms with E-state index in [1.165, 1.54) is 6.92 Å². The zero-order valence-corrected chi connectivity index (χ0v) is 15.2. The van der Waals surface area contributed by atoms with Crippen LogP contribution in [0.15, 0.2) is 48.5 Å². The Morgan fingerprint density at radius 3 is 2.19 bits per heavy atom. The zero-order valence-electron chi connectivity index (χ0n) is 15.2. The quantitative estimate of drug-likeness (QED) is 0.646. The van der Waals surface area contributed by atoms with Crippen LogP contribution in [0.2, 0.25) is 0 Å². The zero-order chi connectivity index (χ0) is 18.8. The molecule has 6 nitrogen and oxygen atoms in total. The molecule has 0 heterocycles. The predicted molar refractivity (Wildman–Crippen MR) is 104 cm³/mol. The van der Waals surface area contributed by atoms with Crippen molar-refractivity contribution in [3.63, 3.8) is 0 Å². The van der Waals surface area contributed by atoms with E-state index in [0.29, 0.717) is 19.5 Å². The van der Waals surface area contributed by atoms with E-state index in [1.807, 2.05) is 48.5 Å². The molecule has 0 aliphatic heterocycles. The number of ether oxygens (including phenoxy) is 1. The average molecular weight is 355 g/mol. The first-order valence-corrected chi connectivity index (χ1v) is 8.58. The molecule has 2 amide bonds. The molecule has 0 aliphatic carbocycles. The monoisotopic (exact) mass is 355 g/mol. The Kier molecular flexibility index (Phi) is 7.49. The highest BCUT2D eigenvalue weighted by Crippen LogP contribution is 2.13. The van der Waals surface area contributed by atoms with E-state index < -0.39 is 0 Å². The number of methoxy groups -OCH3 is 1. The Balaban J connectivity index is 1.63. The lowest BCUT2D eigenvalue weighted by molar-refractivity contribution is -0.120. The van der Waals surface area contributed by atoms with Crippen LogP contribution in [0, 0.1) is 0 Å². The van der Waals surface area contributed by atoms with Crippen LogP contribution >= 0.6 is 0 Å². The second-order valence-corrected chi connectivity index (χ2v) is 5.88. The summed E-state index contributed by atoms with van der Waals surface area (Å²) in [6.45, 7) is 2.63. The fourth-order valence-electron chi connectivity index (χ4n) is 2.42. The molecule has 0 saturated carbocycles. The summed E-state index contributed by atoms with van der Waals surface area (Å²) in [6, 6.07) is 15.2. The van der Waals surface area contributed by atoms with Gasteiger partial charge in [-0.2, -0.15) is 0 Å². The largest absolute Gasteiger partial charge is 0.497 e. The second-order valence-electron chi connectivity index (χ2n) is 5.88. The fourth-order valence-corrected chi connectivity index (χ4v) is 2.42. The summed E-state index contributed by atoms with van der Waals surface area (Å²) in [7, 11) is 1.64. The van der Waals surface area contributed by atoms with Crippen LogP contribution in [0.25, 0.3) is 0 Å². The molecule has 0 radical (unpaired) electrons. The van der Waals surface area contributed by atoms with Crippen LogP contribution < -0.4 is 20.7 Å². The van der Waals surface area contributed by atoms with Gasteiger partial charge in [-0.05, 0) is 48.4 Å². The highest BCUT2D eigenvalue weighted by Gasteiger charge is 2.02. The lowest BCUT2D eigenvalue weighted by Crippen LogP contribution is -2.27. The summed E-state index contributed by atoms with van der Waals surface area (Å²) < 4.78 is 5.12. The number of anilines is 2. The summed E-state index contributed by atoms with van der Waals surface area (Å²) in [5, 5.41) is 8.82. The maximum Gasteiger partial charge on any atom is 0.221 e. The highest BCUT2D eigenvalue weighted by atomic mass is 16.5. The molecule has 2 rings (SSSR count). The molecule has 0 spiro atoms. The number of hydrogen-bond donors (Lipinski definition) is 3. The van der Waals surface area contributed by atoms with Gasteiger partial charge in [-0.15, -0.1) is 0 Å².